The molecule has 1 N–H and O–H groups in total. The number of hydrogen-bond donors (Lipinski definition) is 1. The van der Waals surface area contributed by atoms with Gasteiger partial charge in [0.25, 0.3) is 0 Å². The number of rotatable bonds is 8. The molecule has 3 aliphatic rings. The van der Waals surface area contributed by atoms with Gasteiger partial charge in [-0.15, -0.1) is 0 Å². The van der Waals surface area contributed by atoms with E-state index < -0.39 is 14.5 Å². The first-order valence-corrected chi connectivity index (χ1v) is 18.9. The fourth-order valence-corrected chi connectivity index (χ4v) is 10.3. The number of carbonyl (C=O) groups excluding carboxylic acids is 2. The number of nitrogens with zero attached hydrogens (tertiary/aromatic N) is 2. The van der Waals surface area contributed by atoms with Crippen molar-refractivity contribution in [2.24, 2.45) is 5.92 Å². The molecule has 232 valence electrons. The van der Waals surface area contributed by atoms with Gasteiger partial charge >= 0.3 is 0 Å². The minimum absolute atomic E-state index is 0.00284. The summed E-state index contributed by atoms with van der Waals surface area (Å²) in [5.74, 6) is 0.0225. The van der Waals surface area contributed by atoms with E-state index in [2.05, 4.69) is 31.2 Å². The van der Waals surface area contributed by atoms with Crippen LogP contribution in [0.15, 0.2) is 72.8 Å². The standard InChI is InChI=1S/C36H43FN2O4Si/c1-24-32(18-14-25-12-16-29(17-13-25)39-31-11-7-6-8-26(31)15-19-34(39)41)43-33(36(24)44(2,3)37)21-35(42)38-22-28-10-5-4-9-27(28)20-30(38)23-40/h4-13,16-17,24,30,32-33,36,40H,14-15,18-23H2,1-3H3/t24-,30-,32+,33-,36+/m0/s1. The Hall–Kier alpha value is -3.33. The van der Waals surface area contributed by atoms with Crippen LogP contribution >= 0.6 is 0 Å². The van der Waals surface area contributed by atoms with E-state index in [9.17, 15) is 14.7 Å². The van der Waals surface area contributed by atoms with Crippen molar-refractivity contribution in [3.05, 3.63) is 95.1 Å². The molecule has 0 radical (unpaired) electrons. The Morgan fingerprint density at radius 2 is 1.64 bits per heavy atom. The molecule has 5 atom stereocenters. The molecule has 3 aromatic rings. The summed E-state index contributed by atoms with van der Waals surface area (Å²) >= 11 is 0. The molecule has 0 saturated carbocycles. The molecule has 0 aromatic heterocycles. The summed E-state index contributed by atoms with van der Waals surface area (Å²) in [5, 5.41) is 10.1. The summed E-state index contributed by atoms with van der Waals surface area (Å²) in [6, 6.07) is 24.0. The maximum atomic E-state index is 15.8. The first kappa shape index (κ1) is 30.7. The Kier molecular flexibility index (Phi) is 8.77. The number of benzene rings is 3. The second-order valence-corrected chi connectivity index (χ2v) is 17.1. The quantitative estimate of drug-likeness (QED) is 0.232. The van der Waals surface area contributed by atoms with Crippen molar-refractivity contribution in [3.63, 3.8) is 0 Å². The SMILES string of the molecule is C[C@@H]1[C@@H]([Si](C)(C)F)[C@H](CC(=O)N2Cc3ccccc3C[C@H]2CO)O[C@@H]1CCc1ccc(N2C(=O)CCc3ccccc32)cc1. The van der Waals surface area contributed by atoms with E-state index in [1.807, 2.05) is 53.4 Å². The van der Waals surface area contributed by atoms with Gasteiger partial charge in [-0.2, -0.15) is 0 Å². The third-order valence-corrected chi connectivity index (χ3v) is 12.4. The molecular formula is C36H43FN2O4Si. The molecule has 0 bridgehead atoms. The average Bonchev–Trinajstić information content (AvgIpc) is 3.34. The lowest BCUT2D eigenvalue weighted by atomic mass is 9.93. The Balaban J connectivity index is 1.12. The highest BCUT2D eigenvalue weighted by molar-refractivity contribution is 6.72. The minimum Gasteiger partial charge on any atom is -0.394 e. The first-order chi connectivity index (χ1) is 21.1. The number of anilines is 2. The van der Waals surface area contributed by atoms with Crippen molar-refractivity contribution in [1.29, 1.82) is 0 Å². The van der Waals surface area contributed by atoms with Gasteiger partial charge in [-0.25, -0.2) is 0 Å². The highest BCUT2D eigenvalue weighted by atomic mass is 28.4. The number of halogens is 1. The van der Waals surface area contributed by atoms with E-state index >= 15 is 4.11 Å². The fourth-order valence-electron chi connectivity index (χ4n) is 7.74. The number of aryl methyl sites for hydroxylation is 2. The van der Waals surface area contributed by atoms with Crippen molar-refractivity contribution >= 4 is 31.6 Å². The Bertz CT molecular complexity index is 1510. The zero-order valence-corrected chi connectivity index (χ0v) is 26.9. The largest absolute Gasteiger partial charge is 0.394 e. The number of amides is 2. The number of para-hydroxylation sites is 1. The second kappa shape index (κ2) is 12.6. The maximum absolute atomic E-state index is 15.8. The number of fused-ring (bicyclic) bond motifs is 2. The molecule has 0 spiro atoms. The van der Waals surface area contributed by atoms with Crippen LogP contribution in [0, 0.1) is 5.92 Å². The number of aliphatic hydroxyl groups excluding tert-OH is 1. The molecule has 0 unspecified atom stereocenters. The molecule has 3 heterocycles. The van der Waals surface area contributed by atoms with Gasteiger partial charge in [-0.1, -0.05) is 61.5 Å². The fraction of sp³-hybridized carbons (Fsp3) is 0.444. The third kappa shape index (κ3) is 6.12. The number of carbonyl (C=O) groups is 2. The summed E-state index contributed by atoms with van der Waals surface area (Å²) in [4.78, 5) is 30.1. The summed E-state index contributed by atoms with van der Waals surface area (Å²) in [7, 11) is -3.14. The lowest BCUT2D eigenvalue weighted by Gasteiger charge is -2.37. The predicted octanol–water partition coefficient (Wildman–Crippen LogP) is 6.51. The minimum atomic E-state index is -3.14. The van der Waals surface area contributed by atoms with Crippen LogP contribution in [0.4, 0.5) is 15.5 Å². The molecular weight excluding hydrogens is 571 g/mol. The lowest BCUT2D eigenvalue weighted by molar-refractivity contribution is -0.138. The highest BCUT2D eigenvalue weighted by Crippen LogP contribution is 2.47. The Labute approximate surface area is 261 Å². The molecule has 6 nitrogen and oxygen atoms in total. The molecule has 1 saturated heterocycles. The maximum Gasteiger partial charge on any atom is 0.246 e. The van der Waals surface area contributed by atoms with Gasteiger partial charge < -0.3 is 18.9 Å². The van der Waals surface area contributed by atoms with E-state index in [4.69, 9.17) is 4.74 Å². The van der Waals surface area contributed by atoms with Crippen LogP contribution in [0.2, 0.25) is 18.6 Å². The van der Waals surface area contributed by atoms with Crippen molar-refractivity contribution in [1.82, 2.24) is 4.90 Å². The molecule has 8 heteroatoms. The monoisotopic (exact) mass is 614 g/mol. The number of ether oxygens (including phenoxy) is 1. The van der Waals surface area contributed by atoms with Crippen LogP contribution in [0.25, 0.3) is 0 Å². The van der Waals surface area contributed by atoms with Crippen LogP contribution in [0.5, 0.6) is 0 Å². The lowest BCUT2D eigenvalue weighted by Crippen LogP contribution is -2.48. The van der Waals surface area contributed by atoms with E-state index in [0.29, 0.717) is 19.4 Å². The van der Waals surface area contributed by atoms with Crippen LogP contribution in [-0.4, -0.2) is 55.1 Å². The van der Waals surface area contributed by atoms with Gasteiger partial charge in [0.1, 0.15) is 0 Å². The molecule has 1 fully saturated rings. The number of aliphatic hydroxyl groups is 1. The van der Waals surface area contributed by atoms with Gasteiger partial charge in [0.2, 0.25) is 20.2 Å². The van der Waals surface area contributed by atoms with Gasteiger partial charge in [0.05, 0.1) is 37.0 Å². The van der Waals surface area contributed by atoms with Crippen LogP contribution in [0.3, 0.4) is 0 Å². The van der Waals surface area contributed by atoms with E-state index in [1.54, 1.807) is 18.0 Å². The van der Waals surface area contributed by atoms with Crippen molar-refractivity contribution in [3.8, 4) is 0 Å². The van der Waals surface area contributed by atoms with Gasteiger partial charge in [0.15, 0.2) is 0 Å². The second-order valence-electron chi connectivity index (χ2n) is 13.3. The molecule has 2 amide bonds. The van der Waals surface area contributed by atoms with E-state index in [-0.39, 0.29) is 48.4 Å². The molecule has 0 aliphatic carbocycles. The van der Waals surface area contributed by atoms with Gasteiger partial charge in [-0.05, 0) is 85.1 Å². The Morgan fingerprint density at radius 1 is 0.955 bits per heavy atom. The van der Waals surface area contributed by atoms with Crippen LogP contribution in [0.1, 0.15) is 48.4 Å². The van der Waals surface area contributed by atoms with Crippen LogP contribution in [-0.2, 0) is 40.1 Å². The summed E-state index contributed by atoms with van der Waals surface area (Å²) in [6.45, 7) is 5.88. The molecule has 6 rings (SSSR count). The molecule has 44 heavy (non-hydrogen) atoms. The molecule has 3 aromatic carbocycles. The van der Waals surface area contributed by atoms with Gasteiger partial charge in [-0.3, -0.25) is 14.5 Å². The highest BCUT2D eigenvalue weighted by Gasteiger charge is 2.52. The zero-order chi connectivity index (χ0) is 31.0. The summed E-state index contributed by atoms with van der Waals surface area (Å²) in [5.41, 5.74) is 6.11. The summed E-state index contributed by atoms with van der Waals surface area (Å²) in [6.07, 6.45) is 2.89. The topological polar surface area (TPSA) is 70.1 Å². The van der Waals surface area contributed by atoms with E-state index in [1.165, 1.54) is 5.56 Å². The third-order valence-electron chi connectivity index (χ3n) is 9.96. The summed E-state index contributed by atoms with van der Waals surface area (Å²) < 4.78 is 22.3. The number of hydrogen-bond acceptors (Lipinski definition) is 4. The normalized spacial score (nSPS) is 25.1. The van der Waals surface area contributed by atoms with E-state index in [0.717, 1.165) is 47.3 Å². The van der Waals surface area contributed by atoms with Crippen molar-refractivity contribution in [2.75, 3.05) is 11.5 Å². The first-order valence-electron chi connectivity index (χ1n) is 16.0. The zero-order valence-electron chi connectivity index (χ0n) is 25.9. The Morgan fingerprint density at radius 3 is 2.34 bits per heavy atom. The predicted molar refractivity (Wildman–Crippen MR) is 173 cm³/mol. The van der Waals surface area contributed by atoms with Crippen molar-refractivity contribution < 1.29 is 23.5 Å². The molecule has 3 aliphatic heterocycles. The van der Waals surface area contributed by atoms with Crippen molar-refractivity contribution in [2.45, 2.75) is 88.9 Å². The smallest absolute Gasteiger partial charge is 0.246 e. The average molecular weight is 615 g/mol. The van der Waals surface area contributed by atoms with Gasteiger partial charge in [0, 0.05) is 24.2 Å². The van der Waals surface area contributed by atoms with Crippen LogP contribution < -0.4 is 4.90 Å².